The van der Waals surface area contributed by atoms with Gasteiger partial charge in [-0.15, -0.1) is 0 Å². The number of nitrogens with two attached hydrogens (primary N) is 1. The third-order valence-electron chi connectivity index (χ3n) is 2.94. The van der Waals surface area contributed by atoms with Gasteiger partial charge in [0.05, 0.1) is 6.10 Å². The average Bonchev–Trinajstić information content (AvgIpc) is 2.68. The minimum atomic E-state index is -1.06. The number of rotatable bonds is 1. The first kappa shape index (κ1) is 11.2. The van der Waals surface area contributed by atoms with Crippen molar-refractivity contribution in [2.45, 2.75) is 6.10 Å². The molecule has 0 spiro atoms. The van der Waals surface area contributed by atoms with E-state index in [1.165, 1.54) is 0 Å². The van der Waals surface area contributed by atoms with Crippen molar-refractivity contribution in [1.29, 1.82) is 0 Å². The molecule has 0 saturated heterocycles. The van der Waals surface area contributed by atoms with E-state index in [9.17, 15) is 5.02 Å². The molecular formula is C10H11BClNO4. The first-order chi connectivity index (χ1) is 8.22. The van der Waals surface area contributed by atoms with E-state index in [0.29, 0.717) is 40.8 Å². The molecule has 0 fully saturated rings. The van der Waals surface area contributed by atoms with Crippen LogP contribution in [0.2, 0.25) is 5.02 Å². The van der Waals surface area contributed by atoms with Crippen LogP contribution in [0.15, 0.2) is 6.07 Å². The first-order valence-corrected chi connectivity index (χ1v) is 5.75. The molecule has 3 N–H and O–H groups in total. The fourth-order valence-corrected chi connectivity index (χ4v) is 2.55. The largest absolute Gasteiger partial charge is 0.496 e. The maximum atomic E-state index is 9.89. The second kappa shape index (κ2) is 4.06. The van der Waals surface area contributed by atoms with Gasteiger partial charge in [-0.3, -0.25) is 0 Å². The Morgan fingerprint density at radius 2 is 2.24 bits per heavy atom. The summed E-state index contributed by atoms with van der Waals surface area (Å²) in [5.41, 5.74) is 6.83. The van der Waals surface area contributed by atoms with Gasteiger partial charge >= 0.3 is 7.12 Å². The monoisotopic (exact) mass is 255 g/mol. The van der Waals surface area contributed by atoms with Crippen molar-refractivity contribution in [3.8, 4) is 11.5 Å². The van der Waals surface area contributed by atoms with E-state index >= 15 is 0 Å². The molecule has 2 aliphatic heterocycles. The van der Waals surface area contributed by atoms with Crippen LogP contribution in [-0.4, -0.2) is 31.9 Å². The number of benzene rings is 1. The van der Waals surface area contributed by atoms with Gasteiger partial charge in [-0.1, -0.05) is 11.6 Å². The molecule has 2 heterocycles. The molecule has 90 valence electrons. The van der Waals surface area contributed by atoms with Gasteiger partial charge in [-0.05, 0) is 0 Å². The molecular weight excluding hydrogens is 244 g/mol. The van der Waals surface area contributed by atoms with Gasteiger partial charge in [-0.2, -0.15) is 0 Å². The summed E-state index contributed by atoms with van der Waals surface area (Å²) in [5, 5.41) is 10.4. The Bertz CT molecular complexity index is 470. The second-order valence-electron chi connectivity index (χ2n) is 3.92. The highest BCUT2D eigenvalue weighted by atomic mass is 35.5. The Morgan fingerprint density at radius 1 is 1.47 bits per heavy atom. The van der Waals surface area contributed by atoms with E-state index < -0.39 is 13.2 Å². The van der Waals surface area contributed by atoms with E-state index in [2.05, 4.69) is 0 Å². The van der Waals surface area contributed by atoms with Crippen molar-refractivity contribution >= 4 is 24.2 Å². The summed E-state index contributed by atoms with van der Waals surface area (Å²) in [7, 11) is -1.06. The molecule has 17 heavy (non-hydrogen) atoms. The maximum absolute atomic E-state index is 9.89. The van der Waals surface area contributed by atoms with Crippen LogP contribution in [0.1, 0.15) is 11.7 Å². The fourth-order valence-electron chi connectivity index (χ4n) is 2.23. The van der Waals surface area contributed by atoms with Crippen LogP contribution in [0.25, 0.3) is 0 Å². The topological polar surface area (TPSA) is 73.9 Å². The number of hydrogen-bond acceptors (Lipinski definition) is 5. The van der Waals surface area contributed by atoms with Gasteiger partial charge in [0.15, 0.2) is 11.5 Å². The lowest BCUT2D eigenvalue weighted by Gasteiger charge is -2.22. The minimum Gasteiger partial charge on any atom is -0.486 e. The zero-order valence-corrected chi connectivity index (χ0v) is 9.74. The van der Waals surface area contributed by atoms with Gasteiger partial charge in [0.2, 0.25) is 0 Å². The molecule has 2 aliphatic rings. The predicted molar refractivity (Wildman–Crippen MR) is 62.9 cm³/mol. The SMILES string of the molecule is NCC1OB(O)c2c3c(cc(Cl)c21)OCCO3. The molecule has 3 rings (SSSR count). The highest BCUT2D eigenvalue weighted by Gasteiger charge is 2.41. The maximum Gasteiger partial charge on any atom is 0.496 e. The summed E-state index contributed by atoms with van der Waals surface area (Å²) in [4.78, 5) is 0. The Labute approximate surface area is 104 Å². The summed E-state index contributed by atoms with van der Waals surface area (Å²) in [5.74, 6) is 1.06. The minimum absolute atomic E-state index is 0.253. The van der Waals surface area contributed by atoms with Crippen LogP contribution in [0.4, 0.5) is 0 Å². The summed E-state index contributed by atoms with van der Waals surface area (Å²) >= 11 is 6.16. The molecule has 7 heteroatoms. The van der Waals surface area contributed by atoms with Crippen molar-refractivity contribution < 1.29 is 19.2 Å². The number of halogens is 1. The lowest BCUT2D eigenvalue weighted by molar-refractivity contribution is 0.173. The van der Waals surface area contributed by atoms with Gasteiger partial charge < -0.3 is 24.9 Å². The Balaban J connectivity index is 2.20. The zero-order valence-electron chi connectivity index (χ0n) is 8.98. The number of ether oxygens (including phenoxy) is 2. The molecule has 0 radical (unpaired) electrons. The van der Waals surface area contributed by atoms with Crippen LogP contribution in [0.5, 0.6) is 11.5 Å². The lowest BCUT2D eigenvalue weighted by Crippen LogP contribution is -2.32. The molecule has 0 bridgehead atoms. The molecule has 1 aromatic rings. The molecule has 0 amide bonds. The quantitative estimate of drug-likeness (QED) is 0.682. The second-order valence-corrected chi connectivity index (χ2v) is 4.33. The van der Waals surface area contributed by atoms with Crippen LogP contribution in [0.3, 0.4) is 0 Å². The smallest absolute Gasteiger partial charge is 0.486 e. The highest BCUT2D eigenvalue weighted by Crippen LogP contribution is 2.40. The average molecular weight is 255 g/mol. The fraction of sp³-hybridized carbons (Fsp3) is 0.400. The molecule has 0 saturated carbocycles. The lowest BCUT2D eigenvalue weighted by atomic mass is 9.78. The first-order valence-electron chi connectivity index (χ1n) is 5.38. The number of fused-ring (bicyclic) bond motifs is 3. The van der Waals surface area contributed by atoms with Crippen molar-refractivity contribution in [3.05, 3.63) is 16.7 Å². The van der Waals surface area contributed by atoms with Gasteiger partial charge in [0.25, 0.3) is 0 Å². The highest BCUT2D eigenvalue weighted by molar-refractivity contribution is 6.63. The van der Waals surface area contributed by atoms with E-state index in [-0.39, 0.29) is 6.54 Å². The molecule has 0 aliphatic carbocycles. The normalized spacial score (nSPS) is 21.6. The third kappa shape index (κ3) is 1.60. The van der Waals surface area contributed by atoms with Gasteiger partial charge in [0, 0.05) is 28.7 Å². The van der Waals surface area contributed by atoms with E-state index in [0.717, 1.165) is 0 Å². The summed E-state index contributed by atoms with van der Waals surface area (Å²) < 4.78 is 16.3. The van der Waals surface area contributed by atoms with Crippen LogP contribution in [0, 0.1) is 0 Å². The molecule has 0 aromatic heterocycles. The van der Waals surface area contributed by atoms with Crippen LogP contribution < -0.4 is 20.7 Å². The summed E-state index contributed by atoms with van der Waals surface area (Å²) in [6, 6.07) is 1.68. The molecule has 5 nitrogen and oxygen atoms in total. The van der Waals surface area contributed by atoms with Gasteiger partial charge in [0.1, 0.15) is 13.2 Å². The summed E-state index contributed by atoms with van der Waals surface area (Å²) in [6.45, 7) is 1.17. The van der Waals surface area contributed by atoms with Crippen LogP contribution in [-0.2, 0) is 4.65 Å². The van der Waals surface area contributed by atoms with Crippen LogP contribution >= 0.6 is 11.6 Å². The third-order valence-corrected chi connectivity index (χ3v) is 3.25. The Hall–Kier alpha value is -0.945. The Kier molecular flexibility index (Phi) is 2.67. The number of hydrogen-bond donors (Lipinski definition) is 2. The van der Waals surface area contributed by atoms with E-state index in [1.54, 1.807) is 6.07 Å². The van der Waals surface area contributed by atoms with Crippen molar-refractivity contribution in [3.63, 3.8) is 0 Å². The zero-order chi connectivity index (χ0) is 12.0. The van der Waals surface area contributed by atoms with E-state index in [1.807, 2.05) is 0 Å². The Morgan fingerprint density at radius 3 is 3.00 bits per heavy atom. The van der Waals surface area contributed by atoms with Crippen molar-refractivity contribution in [2.24, 2.45) is 5.73 Å². The van der Waals surface area contributed by atoms with E-state index in [4.69, 9.17) is 31.5 Å². The summed E-state index contributed by atoms with van der Waals surface area (Å²) in [6.07, 6.45) is -0.400. The molecule has 1 atom stereocenters. The molecule has 1 unspecified atom stereocenters. The molecule has 1 aromatic carbocycles. The standard InChI is InChI=1S/C10H11BClNO4/c12-5-3-6-10(16-2-1-15-6)9-8(5)7(4-13)17-11(9)14/h3,7,14H,1-2,4,13H2. The van der Waals surface area contributed by atoms with Crippen molar-refractivity contribution in [2.75, 3.05) is 19.8 Å². The van der Waals surface area contributed by atoms with Crippen molar-refractivity contribution in [1.82, 2.24) is 0 Å². The predicted octanol–water partition coefficient (Wildman–Crippen LogP) is -0.171. The van der Waals surface area contributed by atoms with Gasteiger partial charge in [-0.25, -0.2) is 0 Å².